The van der Waals surface area contributed by atoms with Gasteiger partial charge in [-0.25, -0.2) is 15.0 Å². The predicted octanol–water partition coefficient (Wildman–Crippen LogP) is 13.1. The highest BCUT2D eigenvalue weighted by molar-refractivity contribution is 5.88. The fourth-order valence-electron chi connectivity index (χ4n) is 9.01. The number of benzene rings is 7. The Hall–Kier alpha value is -6.85. The van der Waals surface area contributed by atoms with Crippen molar-refractivity contribution in [1.82, 2.24) is 15.0 Å². The molecule has 0 radical (unpaired) electrons. The lowest BCUT2D eigenvalue weighted by Gasteiger charge is -2.25. The molecule has 2 heterocycles. The van der Waals surface area contributed by atoms with Crippen LogP contribution in [-0.4, -0.2) is 15.0 Å². The zero-order valence-electron chi connectivity index (χ0n) is 31.6. The number of rotatable bonds is 4. The zero-order chi connectivity index (χ0) is 37.8. The monoisotopic (exact) mass is 723 g/mol. The number of fused-ring (bicyclic) bond motifs is 9. The van der Waals surface area contributed by atoms with Crippen molar-refractivity contribution >= 4 is 0 Å². The van der Waals surface area contributed by atoms with Gasteiger partial charge in [-0.2, -0.15) is 0 Å². The van der Waals surface area contributed by atoms with Gasteiger partial charge in [0.1, 0.15) is 0 Å². The fraction of sp³-hybridized carbons (Fsp3) is 0.118. The van der Waals surface area contributed by atoms with E-state index in [1.165, 1.54) is 38.9 Å². The van der Waals surface area contributed by atoms with Crippen LogP contribution in [-0.2, 0) is 10.8 Å². The Balaban J connectivity index is 0.931. The Morgan fingerprint density at radius 3 is 1.64 bits per heavy atom. The molecule has 0 N–H and O–H groups in total. The van der Waals surface area contributed by atoms with E-state index in [-0.39, 0.29) is 10.8 Å². The molecule has 0 fully saturated rings. The molecule has 0 spiro atoms. The maximum Gasteiger partial charge on any atom is 0.178 e. The third-order valence-corrected chi connectivity index (χ3v) is 12.0. The van der Waals surface area contributed by atoms with Crippen molar-refractivity contribution < 1.29 is 9.47 Å². The summed E-state index contributed by atoms with van der Waals surface area (Å²) in [6.45, 7) is 9.14. The highest BCUT2D eigenvalue weighted by Gasteiger charge is 2.40. The predicted molar refractivity (Wildman–Crippen MR) is 223 cm³/mol. The second-order valence-corrected chi connectivity index (χ2v) is 16.0. The van der Waals surface area contributed by atoms with Gasteiger partial charge in [0.15, 0.2) is 40.5 Å². The Labute approximate surface area is 326 Å². The summed E-state index contributed by atoms with van der Waals surface area (Å²) in [6, 6.07) is 52.8. The van der Waals surface area contributed by atoms with Gasteiger partial charge in [-0.1, -0.05) is 155 Å². The molecule has 7 aromatic carbocycles. The number of hydrogen-bond acceptors (Lipinski definition) is 5. The molecule has 3 aliphatic rings. The summed E-state index contributed by atoms with van der Waals surface area (Å²) < 4.78 is 13.2. The quantitative estimate of drug-likeness (QED) is 0.181. The third-order valence-electron chi connectivity index (χ3n) is 12.0. The van der Waals surface area contributed by atoms with Gasteiger partial charge in [0.25, 0.3) is 0 Å². The summed E-state index contributed by atoms with van der Waals surface area (Å²) in [7, 11) is 0. The standard InChI is InChI=1S/C51H37N3O2/c1-50(2)39-17-11-9-15-37(39)45-40(50)25-27-43-46(45)56-42-26-23-33(29-44(42)55-43)30-18-20-32(21-19-30)48-52-47(31-12-6-5-7-13-31)53-49(54-48)34-22-24-36-35-14-8-10-16-38(35)51(3,4)41(36)28-34/h5-29H,1-4H3. The SMILES string of the molecule is CC1(C)c2ccccc2-c2ccc(-c3nc(-c4ccccc4)nc(-c4ccc(-c5ccc6c(c5)Oc5ccc7c(c5O6)-c5ccccc5C7(C)C)cc4)n3)cc21. The number of nitrogens with zero attached hydrogens (tertiary/aromatic N) is 3. The molecule has 11 rings (SSSR count). The summed E-state index contributed by atoms with van der Waals surface area (Å²) >= 11 is 0. The molecule has 0 bridgehead atoms. The minimum atomic E-state index is -0.128. The van der Waals surface area contributed by atoms with Crippen molar-refractivity contribution in [3.63, 3.8) is 0 Å². The van der Waals surface area contributed by atoms with Crippen LogP contribution in [0.25, 0.3) is 67.5 Å². The smallest absolute Gasteiger partial charge is 0.178 e. The van der Waals surface area contributed by atoms with Gasteiger partial charge in [-0.15, -0.1) is 0 Å². The summed E-state index contributed by atoms with van der Waals surface area (Å²) in [5.41, 5.74) is 14.7. The van der Waals surface area contributed by atoms with Crippen LogP contribution in [0.2, 0.25) is 0 Å². The summed E-state index contributed by atoms with van der Waals surface area (Å²) in [5.74, 6) is 4.83. The lowest BCUT2D eigenvalue weighted by atomic mass is 9.82. The molecule has 8 aromatic rings. The molecule has 2 aliphatic carbocycles. The molecule has 1 aromatic heterocycles. The van der Waals surface area contributed by atoms with E-state index in [1.54, 1.807) is 0 Å². The summed E-state index contributed by atoms with van der Waals surface area (Å²) in [6.07, 6.45) is 0. The van der Waals surface area contributed by atoms with Crippen molar-refractivity contribution in [2.45, 2.75) is 38.5 Å². The lowest BCUT2D eigenvalue weighted by Crippen LogP contribution is -2.15. The van der Waals surface area contributed by atoms with E-state index in [0.29, 0.717) is 29.0 Å². The van der Waals surface area contributed by atoms with Gasteiger partial charge in [-0.05, 0) is 74.3 Å². The Kier molecular flexibility index (Phi) is 6.88. The molecule has 268 valence electrons. The van der Waals surface area contributed by atoms with Crippen LogP contribution in [0, 0.1) is 0 Å². The molecule has 0 amide bonds. The molecular weight excluding hydrogens is 687 g/mol. The minimum absolute atomic E-state index is 0.113. The van der Waals surface area contributed by atoms with Crippen molar-refractivity contribution in [3.05, 3.63) is 174 Å². The Bertz CT molecular complexity index is 2910. The van der Waals surface area contributed by atoms with Crippen LogP contribution in [0.1, 0.15) is 49.9 Å². The second-order valence-electron chi connectivity index (χ2n) is 16.0. The van der Waals surface area contributed by atoms with Gasteiger partial charge < -0.3 is 9.47 Å². The lowest BCUT2D eigenvalue weighted by molar-refractivity contribution is 0.360. The van der Waals surface area contributed by atoms with Crippen LogP contribution < -0.4 is 9.47 Å². The molecule has 0 saturated carbocycles. The van der Waals surface area contributed by atoms with Crippen molar-refractivity contribution in [2.75, 3.05) is 0 Å². The van der Waals surface area contributed by atoms with Crippen molar-refractivity contribution in [2.24, 2.45) is 0 Å². The molecule has 5 heteroatoms. The van der Waals surface area contributed by atoms with Gasteiger partial charge in [-0.3, -0.25) is 0 Å². The molecule has 1 aliphatic heterocycles. The molecule has 56 heavy (non-hydrogen) atoms. The number of hydrogen-bond donors (Lipinski definition) is 0. The normalized spacial score (nSPS) is 14.6. The second kappa shape index (κ2) is 11.8. The molecule has 0 atom stereocenters. The fourth-order valence-corrected chi connectivity index (χ4v) is 9.01. The number of ether oxygens (including phenoxy) is 2. The van der Waals surface area contributed by atoms with E-state index < -0.39 is 0 Å². The summed E-state index contributed by atoms with van der Waals surface area (Å²) in [5, 5.41) is 0. The first-order valence-corrected chi connectivity index (χ1v) is 19.2. The first kappa shape index (κ1) is 32.6. The highest BCUT2D eigenvalue weighted by Crippen LogP contribution is 2.58. The third kappa shape index (κ3) is 4.83. The van der Waals surface area contributed by atoms with E-state index in [4.69, 9.17) is 24.4 Å². The molecule has 5 nitrogen and oxygen atoms in total. The maximum atomic E-state index is 6.64. The van der Waals surface area contributed by atoms with Gasteiger partial charge in [0, 0.05) is 33.1 Å². The minimum Gasteiger partial charge on any atom is -0.449 e. The van der Waals surface area contributed by atoms with E-state index in [0.717, 1.165) is 44.9 Å². The van der Waals surface area contributed by atoms with Crippen LogP contribution in [0.15, 0.2) is 152 Å². The topological polar surface area (TPSA) is 57.1 Å². The first-order chi connectivity index (χ1) is 27.2. The van der Waals surface area contributed by atoms with E-state index >= 15 is 0 Å². The van der Waals surface area contributed by atoms with Gasteiger partial charge in [0.2, 0.25) is 0 Å². The Morgan fingerprint density at radius 1 is 0.357 bits per heavy atom. The first-order valence-electron chi connectivity index (χ1n) is 19.2. The van der Waals surface area contributed by atoms with E-state index in [9.17, 15) is 0 Å². The molecule has 0 saturated heterocycles. The average molecular weight is 724 g/mol. The van der Waals surface area contributed by atoms with E-state index in [1.807, 2.05) is 42.5 Å². The Morgan fingerprint density at radius 2 is 0.893 bits per heavy atom. The van der Waals surface area contributed by atoms with E-state index in [2.05, 4.69) is 137 Å². The van der Waals surface area contributed by atoms with Crippen molar-refractivity contribution in [1.29, 1.82) is 0 Å². The highest BCUT2D eigenvalue weighted by atomic mass is 16.6. The maximum absolute atomic E-state index is 6.64. The van der Waals surface area contributed by atoms with Gasteiger partial charge >= 0.3 is 0 Å². The molecule has 0 unspecified atom stereocenters. The molecular formula is C51H37N3O2. The van der Waals surface area contributed by atoms with Crippen LogP contribution in [0.3, 0.4) is 0 Å². The van der Waals surface area contributed by atoms with Crippen molar-refractivity contribution in [3.8, 4) is 90.5 Å². The van der Waals surface area contributed by atoms with Crippen LogP contribution in [0.4, 0.5) is 0 Å². The van der Waals surface area contributed by atoms with Crippen LogP contribution >= 0.6 is 0 Å². The van der Waals surface area contributed by atoms with Gasteiger partial charge in [0.05, 0.1) is 0 Å². The number of aromatic nitrogens is 3. The van der Waals surface area contributed by atoms with Crippen LogP contribution in [0.5, 0.6) is 23.0 Å². The summed E-state index contributed by atoms with van der Waals surface area (Å²) in [4.78, 5) is 15.1. The largest absolute Gasteiger partial charge is 0.449 e. The zero-order valence-corrected chi connectivity index (χ0v) is 31.6. The average Bonchev–Trinajstić information content (AvgIpc) is 3.62.